The monoisotopic (exact) mass is 325 g/mol. The molecule has 126 valence electrons. The fourth-order valence-corrected chi connectivity index (χ4v) is 2.88. The van der Waals surface area contributed by atoms with E-state index in [2.05, 4.69) is 22.4 Å². The number of nitrogens with zero attached hydrogens (tertiary/aromatic N) is 2. The Bertz CT molecular complexity index is 675. The maximum atomic E-state index is 12.4. The first-order valence-electron chi connectivity index (χ1n) is 8.31. The molecule has 2 amide bonds. The number of benzene rings is 1. The van der Waals surface area contributed by atoms with Gasteiger partial charge < -0.3 is 15.0 Å². The average Bonchev–Trinajstić information content (AvgIpc) is 2.61. The molecule has 1 aromatic heterocycles. The van der Waals surface area contributed by atoms with E-state index in [-0.39, 0.29) is 12.1 Å². The number of pyridine rings is 1. The van der Waals surface area contributed by atoms with Crippen LogP contribution in [0.4, 0.5) is 4.79 Å². The summed E-state index contributed by atoms with van der Waals surface area (Å²) in [7, 11) is 0. The van der Waals surface area contributed by atoms with E-state index >= 15 is 0 Å². The highest BCUT2D eigenvalue weighted by molar-refractivity contribution is 5.74. The molecule has 1 aliphatic heterocycles. The van der Waals surface area contributed by atoms with Gasteiger partial charge in [-0.2, -0.15) is 0 Å². The molecular formula is C19H23N3O2. The normalized spacial score (nSPS) is 17.5. The molecule has 1 N–H and O–H groups in total. The Kier molecular flexibility index (Phi) is 5.43. The first-order valence-corrected chi connectivity index (χ1v) is 8.31. The molecule has 1 saturated heterocycles. The first kappa shape index (κ1) is 16.5. The van der Waals surface area contributed by atoms with Crippen molar-refractivity contribution in [1.29, 1.82) is 0 Å². The summed E-state index contributed by atoms with van der Waals surface area (Å²) in [4.78, 5) is 18.6. The molecule has 1 aromatic carbocycles. The number of aryl methyl sites for hydroxylation is 1. The van der Waals surface area contributed by atoms with E-state index in [0.717, 1.165) is 17.8 Å². The van der Waals surface area contributed by atoms with Gasteiger partial charge in [-0.3, -0.25) is 4.98 Å². The number of ether oxygens (including phenoxy) is 1. The van der Waals surface area contributed by atoms with Crippen LogP contribution < -0.4 is 5.32 Å². The van der Waals surface area contributed by atoms with Gasteiger partial charge in [0, 0.05) is 25.2 Å². The number of morpholine rings is 1. The number of urea groups is 1. The molecule has 1 atom stereocenters. The number of hydrogen-bond donors (Lipinski definition) is 1. The second-order valence-corrected chi connectivity index (χ2v) is 6.06. The van der Waals surface area contributed by atoms with Crippen molar-refractivity contribution in [2.75, 3.05) is 19.7 Å². The van der Waals surface area contributed by atoms with Gasteiger partial charge in [-0.15, -0.1) is 0 Å². The highest BCUT2D eigenvalue weighted by Gasteiger charge is 2.24. The van der Waals surface area contributed by atoms with Gasteiger partial charge in [-0.1, -0.05) is 36.4 Å². The minimum Gasteiger partial charge on any atom is -0.374 e. The fourth-order valence-electron chi connectivity index (χ4n) is 2.88. The summed E-state index contributed by atoms with van der Waals surface area (Å²) in [6.45, 7) is 4.21. The maximum Gasteiger partial charge on any atom is 0.317 e. The van der Waals surface area contributed by atoms with Gasteiger partial charge in [0.05, 0.1) is 24.9 Å². The fraction of sp³-hybridized carbons (Fsp3) is 0.368. The van der Waals surface area contributed by atoms with Gasteiger partial charge in [0.25, 0.3) is 0 Å². The molecule has 2 heterocycles. The van der Waals surface area contributed by atoms with Crippen molar-refractivity contribution in [2.24, 2.45) is 0 Å². The van der Waals surface area contributed by atoms with Gasteiger partial charge in [0.2, 0.25) is 0 Å². The lowest BCUT2D eigenvalue weighted by Gasteiger charge is -2.33. The molecule has 1 fully saturated rings. The zero-order valence-corrected chi connectivity index (χ0v) is 13.9. The molecule has 0 bridgehead atoms. The Hall–Kier alpha value is -2.40. The number of rotatable bonds is 4. The number of aromatic nitrogens is 1. The molecule has 1 unspecified atom stereocenters. The third-order valence-corrected chi connectivity index (χ3v) is 4.10. The third kappa shape index (κ3) is 4.55. The lowest BCUT2D eigenvalue weighted by Crippen LogP contribution is -2.50. The van der Waals surface area contributed by atoms with Crippen molar-refractivity contribution in [3.8, 4) is 0 Å². The van der Waals surface area contributed by atoms with Crippen LogP contribution in [0.5, 0.6) is 0 Å². The molecule has 0 saturated carbocycles. The smallest absolute Gasteiger partial charge is 0.317 e. The number of nitrogens with one attached hydrogen (secondary N) is 1. The molecular weight excluding hydrogens is 302 g/mol. The van der Waals surface area contributed by atoms with Crippen LogP contribution in [0.2, 0.25) is 0 Å². The van der Waals surface area contributed by atoms with Crippen molar-refractivity contribution < 1.29 is 9.53 Å². The second kappa shape index (κ2) is 7.93. The van der Waals surface area contributed by atoms with Crippen molar-refractivity contribution in [3.63, 3.8) is 0 Å². The summed E-state index contributed by atoms with van der Waals surface area (Å²) in [5.74, 6) is 0. The number of hydrogen-bond acceptors (Lipinski definition) is 3. The summed E-state index contributed by atoms with van der Waals surface area (Å²) in [5.41, 5.74) is 3.06. The van der Waals surface area contributed by atoms with Crippen molar-refractivity contribution >= 4 is 6.03 Å². The van der Waals surface area contributed by atoms with E-state index in [1.807, 2.05) is 48.2 Å². The van der Waals surface area contributed by atoms with Gasteiger partial charge in [0.15, 0.2) is 0 Å². The molecule has 0 spiro atoms. The highest BCUT2D eigenvalue weighted by Crippen LogP contribution is 2.12. The molecule has 0 radical (unpaired) electrons. The van der Waals surface area contributed by atoms with Crippen LogP contribution in [0.25, 0.3) is 0 Å². The second-order valence-electron chi connectivity index (χ2n) is 6.06. The van der Waals surface area contributed by atoms with Crippen LogP contribution >= 0.6 is 0 Å². The minimum absolute atomic E-state index is 0.0454. The van der Waals surface area contributed by atoms with E-state index in [9.17, 15) is 4.79 Å². The predicted octanol–water partition coefficient (Wildman–Crippen LogP) is 2.54. The zero-order chi connectivity index (χ0) is 16.8. The number of carbonyl (C=O) groups excluding carboxylic acids is 1. The summed E-state index contributed by atoms with van der Waals surface area (Å²) in [5, 5.41) is 2.95. The number of amides is 2. The Labute approximate surface area is 142 Å². The Morgan fingerprint density at radius 1 is 1.25 bits per heavy atom. The van der Waals surface area contributed by atoms with Crippen LogP contribution in [0, 0.1) is 6.92 Å². The van der Waals surface area contributed by atoms with Crippen molar-refractivity contribution in [2.45, 2.75) is 26.0 Å². The van der Waals surface area contributed by atoms with Crippen LogP contribution in [0.15, 0.2) is 48.5 Å². The topological polar surface area (TPSA) is 54.5 Å². The van der Waals surface area contributed by atoms with Crippen LogP contribution in [0.1, 0.15) is 17.0 Å². The van der Waals surface area contributed by atoms with Gasteiger partial charge in [-0.25, -0.2) is 4.79 Å². The summed E-state index contributed by atoms with van der Waals surface area (Å²) in [6.07, 6.45) is 0.869. The van der Waals surface area contributed by atoms with Crippen LogP contribution in [-0.2, 0) is 17.7 Å². The third-order valence-electron chi connectivity index (χ3n) is 4.10. The largest absolute Gasteiger partial charge is 0.374 e. The SMILES string of the molecule is Cc1cccc(CNC(=O)N2CCOC(Cc3ccccc3)C2)n1. The molecule has 2 aromatic rings. The molecule has 5 heteroatoms. The predicted molar refractivity (Wildman–Crippen MR) is 92.7 cm³/mol. The van der Waals surface area contributed by atoms with E-state index in [4.69, 9.17) is 4.74 Å². The maximum absolute atomic E-state index is 12.4. The van der Waals surface area contributed by atoms with E-state index < -0.39 is 0 Å². The quantitative estimate of drug-likeness (QED) is 0.940. The van der Waals surface area contributed by atoms with Crippen LogP contribution in [0.3, 0.4) is 0 Å². The first-order chi connectivity index (χ1) is 11.7. The molecule has 5 nitrogen and oxygen atoms in total. The Morgan fingerprint density at radius 3 is 2.88 bits per heavy atom. The average molecular weight is 325 g/mol. The molecule has 0 aliphatic carbocycles. The standard InChI is InChI=1S/C19H23N3O2/c1-15-6-5-9-17(21-15)13-20-19(23)22-10-11-24-18(14-22)12-16-7-3-2-4-8-16/h2-9,18H,10-14H2,1H3,(H,20,23). The lowest BCUT2D eigenvalue weighted by atomic mass is 10.1. The Morgan fingerprint density at radius 2 is 2.08 bits per heavy atom. The van der Waals surface area contributed by atoms with E-state index in [1.165, 1.54) is 5.56 Å². The molecule has 24 heavy (non-hydrogen) atoms. The lowest BCUT2D eigenvalue weighted by molar-refractivity contribution is -0.0133. The van der Waals surface area contributed by atoms with Gasteiger partial charge in [0.1, 0.15) is 0 Å². The Balaban J connectivity index is 1.51. The minimum atomic E-state index is -0.0559. The summed E-state index contributed by atoms with van der Waals surface area (Å²) < 4.78 is 5.81. The van der Waals surface area contributed by atoms with E-state index in [0.29, 0.717) is 26.2 Å². The summed E-state index contributed by atoms with van der Waals surface area (Å²) >= 11 is 0. The van der Waals surface area contributed by atoms with Gasteiger partial charge in [-0.05, 0) is 24.6 Å². The van der Waals surface area contributed by atoms with Crippen LogP contribution in [-0.4, -0.2) is 41.7 Å². The van der Waals surface area contributed by atoms with Crippen molar-refractivity contribution in [3.05, 3.63) is 65.5 Å². The molecule has 1 aliphatic rings. The summed E-state index contributed by atoms with van der Waals surface area (Å²) in [6, 6.07) is 16.0. The number of carbonyl (C=O) groups is 1. The van der Waals surface area contributed by atoms with E-state index in [1.54, 1.807) is 0 Å². The van der Waals surface area contributed by atoms with Gasteiger partial charge >= 0.3 is 6.03 Å². The molecule has 3 rings (SSSR count). The highest BCUT2D eigenvalue weighted by atomic mass is 16.5. The zero-order valence-electron chi connectivity index (χ0n) is 13.9. The van der Waals surface area contributed by atoms with Crippen molar-refractivity contribution in [1.82, 2.24) is 15.2 Å².